The molecule has 0 saturated carbocycles. The first-order valence-electron chi connectivity index (χ1n) is 13.6. The number of aryl methyl sites for hydroxylation is 2. The van der Waals surface area contributed by atoms with E-state index in [1.165, 1.54) is 0 Å². The predicted octanol–water partition coefficient (Wildman–Crippen LogP) is 4.10. The highest BCUT2D eigenvalue weighted by molar-refractivity contribution is 5.83. The number of nitrogens with zero attached hydrogens (tertiary/aromatic N) is 6. The molecule has 1 aliphatic heterocycles. The molecular formula is C31H33N7O2. The summed E-state index contributed by atoms with van der Waals surface area (Å²) < 4.78 is 7.44. The van der Waals surface area contributed by atoms with Crippen LogP contribution >= 0.6 is 0 Å². The molecule has 0 amide bonds. The first-order valence-corrected chi connectivity index (χ1v) is 13.6. The molecule has 3 heterocycles. The fraction of sp³-hybridized carbons (Fsp3) is 0.290. The van der Waals surface area contributed by atoms with Crippen LogP contribution in [-0.2, 0) is 6.54 Å². The second-order valence-corrected chi connectivity index (χ2v) is 10.4. The summed E-state index contributed by atoms with van der Waals surface area (Å²) in [6.45, 7) is 7.65. The van der Waals surface area contributed by atoms with E-state index in [1.54, 1.807) is 7.11 Å². The van der Waals surface area contributed by atoms with E-state index < -0.39 is 6.04 Å². The summed E-state index contributed by atoms with van der Waals surface area (Å²) >= 11 is 0. The van der Waals surface area contributed by atoms with Crippen LogP contribution in [0.5, 0.6) is 5.75 Å². The molecule has 204 valence electrons. The lowest BCUT2D eigenvalue weighted by Crippen LogP contribution is -2.49. The summed E-state index contributed by atoms with van der Waals surface area (Å²) in [5, 5.41) is 13.9. The summed E-state index contributed by atoms with van der Waals surface area (Å²) in [5.74, 6) is 1.51. The molecule has 9 heteroatoms. The number of nitrogens with one attached hydrogen (secondary N) is 1. The van der Waals surface area contributed by atoms with E-state index in [0.29, 0.717) is 17.9 Å². The molecule has 0 spiro atoms. The van der Waals surface area contributed by atoms with Gasteiger partial charge in [-0.1, -0.05) is 48.5 Å². The highest BCUT2D eigenvalue weighted by Gasteiger charge is 2.33. The Hall–Kier alpha value is -4.50. The molecule has 40 heavy (non-hydrogen) atoms. The minimum Gasteiger partial charge on any atom is -0.495 e. The summed E-state index contributed by atoms with van der Waals surface area (Å²) in [5.41, 5.74) is 5.77. The zero-order chi connectivity index (χ0) is 27.6. The second kappa shape index (κ2) is 10.9. The van der Waals surface area contributed by atoms with Crippen molar-refractivity contribution in [3.63, 3.8) is 0 Å². The SMILES string of the molecule is COc1ccccc1N1CCN([C@H](c2cc3c(C)cc(C)cc3[nH]c2=O)c2nnnn2Cc2ccccc2)CC1. The van der Waals surface area contributed by atoms with Crippen molar-refractivity contribution in [1.82, 2.24) is 30.1 Å². The summed E-state index contributed by atoms with van der Waals surface area (Å²) in [7, 11) is 1.70. The van der Waals surface area contributed by atoms with E-state index in [2.05, 4.69) is 61.5 Å². The Kier molecular flexibility index (Phi) is 7.04. The number of benzene rings is 3. The molecule has 1 atom stereocenters. The number of methoxy groups -OCH3 is 1. The summed E-state index contributed by atoms with van der Waals surface area (Å²) in [6, 6.07) is 24.0. The topological polar surface area (TPSA) is 92.2 Å². The Morgan fingerprint density at radius 3 is 2.48 bits per heavy atom. The van der Waals surface area contributed by atoms with Crippen molar-refractivity contribution < 1.29 is 4.74 Å². The Morgan fingerprint density at radius 2 is 1.70 bits per heavy atom. The van der Waals surface area contributed by atoms with Gasteiger partial charge in [0.2, 0.25) is 0 Å². The first-order chi connectivity index (χ1) is 19.5. The third-order valence-electron chi connectivity index (χ3n) is 7.72. The molecule has 1 fully saturated rings. The van der Waals surface area contributed by atoms with Gasteiger partial charge in [0.1, 0.15) is 11.8 Å². The number of aromatic amines is 1. The Bertz CT molecular complexity index is 1690. The summed E-state index contributed by atoms with van der Waals surface area (Å²) in [4.78, 5) is 21.5. The molecule has 0 unspecified atom stereocenters. The summed E-state index contributed by atoms with van der Waals surface area (Å²) in [6.07, 6.45) is 0. The molecule has 2 aromatic heterocycles. The number of ether oxygens (including phenoxy) is 1. The van der Waals surface area contributed by atoms with Crippen LogP contribution in [0.3, 0.4) is 0 Å². The van der Waals surface area contributed by atoms with Gasteiger partial charge < -0.3 is 14.6 Å². The Balaban J connectivity index is 1.40. The highest BCUT2D eigenvalue weighted by Crippen LogP contribution is 2.32. The van der Waals surface area contributed by atoms with Gasteiger partial charge in [-0.2, -0.15) is 0 Å². The van der Waals surface area contributed by atoms with Crippen molar-refractivity contribution in [2.75, 3.05) is 38.2 Å². The average Bonchev–Trinajstić information content (AvgIpc) is 3.42. The van der Waals surface area contributed by atoms with E-state index in [0.717, 1.165) is 65.2 Å². The highest BCUT2D eigenvalue weighted by atomic mass is 16.5. The average molecular weight is 536 g/mol. The number of fused-ring (bicyclic) bond motifs is 1. The number of tetrazole rings is 1. The van der Waals surface area contributed by atoms with Gasteiger partial charge in [0.15, 0.2) is 5.82 Å². The number of aromatic nitrogens is 5. The van der Waals surface area contributed by atoms with Gasteiger partial charge >= 0.3 is 0 Å². The number of hydrogen-bond donors (Lipinski definition) is 1. The zero-order valence-electron chi connectivity index (χ0n) is 23.0. The molecule has 6 rings (SSSR count). The van der Waals surface area contributed by atoms with Crippen LogP contribution in [0.25, 0.3) is 10.9 Å². The van der Waals surface area contributed by atoms with E-state index in [4.69, 9.17) is 4.74 Å². The van der Waals surface area contributed by atoms with E-state index in [-0.39, 0.29) is 5.56 Å². The van der Waals surface area contributed by atoms with Gasteiger partial charge in [0.25, 0.3) is 5.56 Å². The van der Waals surface area contributed by atoms with Crippen molar-refractivity contribution >= 4 is 16.6 Å². The van der Waals surface area contributed by atoms with Gasteiger partial charge in [-0.3, -0.25) is 9.69 Å². The molecule has 0 bridgehead atoms. The second-order valence-electron chi connectivity index (χ2n) is 10.4. The minimum absolute atomic E-state index is 0.121. The van der Waals surface area contributed by atoms with Crippen molar-refractivity contribution in [1.29, 1.82) is 0 Å². The number of hydrogen-bond acceptors (Lipinski definition) is 7. The van der Waals surface area contributed by atoms with Crippen LogP contribution in [0, 0.1) is 13.8 Å². The molecule has 9 nitrogen and oxygen atoms in total. The molecule has 1 saturated heterocycles. The number of piperazine rings is 1. The van der Waals surface area contributed by atoms with E-state index in [1.807, 2.05) is 60.1 Å². The third kappa shape index (κ3) is 4.96. The van der Waals surface area contributed by atoms with Crippen LogP contribution in [-0.4, -0.2) is 63.4 Å². The molecule has 0 aliphatic carbocycles. The van der Waals surface area contributed by atoms with Crippen molar-refractivity contribution in [3.05, 3.63) is 111 Å². The van der Waals surface area contributed by atoms with Crippen molar-refractivity contribution in [3.8, 4) is 5.75 Å². The Labute approximate surface area is 233 Å². The third-order valence-corrected chi connectivity index (χ3v) is 7.72. The monoisotopic (exact) mass is 535 g/mol. The smallest absolute Gasteiger partial charge is 0.253 e. The number of pyridine rings is 1. The molecule has 1 N–H and O–H groups in total. The molecule has 1 aliphatic rings. The van der Waals surface area contributed by atoms with E-state index >= 15 is 0 Å². The standard InChI is InChI=1S/C31H33N7O2/c1-21-17-22(2)24-19-25(31(39)32-26(24)18-21)29(30-33-34-35-38(30)20-23-9-5-4-6-10-23)37-15-13-36(14-16-37)27-11-7-8-12-28(27)40-3/h4-12,17-19,29H,13-16,20H2,1-3H3,(H,32,39)/t29-/m1/s1. The maximum Gasteiger partial charge on any atom is 0.253 e. The predicted molar refractivity (Wildman–Crippen MR) is 156 cm³/mol. The fourth-order valence-corrected chi connectivity index (χ4v) is 5.78. The molecule has 5 aromatic rings. The van der Waals surface area contributed by atoms with Crippen LogP contribution < -0.4 is 15.2 Å². The maximum absolute atomic E-state index is 13.7. The lowest BCUT2D eigenvalue weighted by atomic mass is 9.99. The lowest BCUT2D eigenvalue weighted by Gasteiger charge is -2.40. The van der Waals surface area contributed by atoms with Crippen LogP contribution in [0.1, 0.15) is 34.1 Å². The first kappa shape index (κ1) is 25.8. The lowest BCUT2D eigenvalue weighted by molar-refractivity contribution is 0.200. The minimum atomic E-state index is -0.410. The van der Waals surface area contributed by atoms with E-state index in [9.17, 15) is 4.79 Å². The fourth-order valence-electron chi connectivity index (χ4n) is 5.78. The van der Waals surface area contributed by atoms with Gasteiger partial charge in [-0.15, -0.1) is 5.10 Å². The van der Waals surface area contributed by atoms with Gasteiger partial charge in [0.05, 0.1) is 19.3 Å². The van der Waals surface area contributed by atoms with Crippen molar-refractivity contribution in [2.24, 2.45) is 0 Å². The largest absolute Gasteiger partial charge is 0.495 e. The quantitative estimate of drug-likeness (QED) is 0.336. The molecular weight excluding hydrogens is 502 g/mol. The van der Waals surface area contributed by atoms with Gasteiger partial charge in [0, 0.05) is 42.6 Å². The van der Waals surface area contributed by atoms with Crippen LogP contribution in [0.2, 0.25) is 0 Å². The van der Waals surface area contributed by atoms with Crippen LogP contribution in [0.15, 0.2) is 77.6 Å². The molecule has 0 radical (unpaired) electrons. The number of H-pyrrole nitrogens is 1. The number of anilines is 1. The number of para-hydroxylation sites is 2. The van der Waals surface area contributed by atoms with Crippen molar-refractivity contribution in [2.45, 2.75) is 26.4 Å². The maximum atomic E-state index is 13.7. The van der Waals surface area contributed by atoms with Gasteiger partial charge in [-0.25, -0.2) is 4.68 Å². The normalized spacial score (nSPS) is 14.9. The van der Waals surface area contributed by atoms with Crippen LogP contribution in [0.4, 0.5) is 5.69 Å². The number of rotatable bonds is 7. The molecule has 3 aromatic carbocycles. The van der Waals surface area contributed by atoms with Gasteiger partial charge in [-0.05, 0) is 65.2 Å². The zero-order valence-corrected chi connectivity index (χ0v) is 23.0. The Morgan fingerprint density at radius 1 is 0.950 bits per heavy atom.